The maximum absolute atomic E-state index is 12.7. The van der Waals surface area contributed by atoms with E-state index in [1.807, 2.05) is 0 Å². The summed E-state index contributed by atoms with van der Waals surface area (Å²) in [7, 11) is 0. The summed E-state index contributed by atoms with van der Waals surface area (Å²) in [5.74, 6) is -1.19. The lowest BCUT2D eigenvalue weighted by Crippen LogP contribution is -2.52. The second kappa shape index (κ2) is 6.85. The van der Waals surface area contributed by atoms with E-state index in [9.17, 15) is 22.8 Å². The number of alkyl halides is 3. The van der Waals surface area contributed by atoms with Gasteiger partial charge in [-0.2, -0.15) is 13.2 Å². The smallest absolute Gasteiger partial charge is 0.369 e. The van der Waals surface area contributed by atoms with Crippen LogP contribution in [0.5, 0.6) is 0 Å². The molecule has 0 spiro atoms. The van der Waals surface area contributed by atoms with Crippen molar-refractivity contribution in [2.75, 3.05) is 26.2 Å². The van der Waals surface area contributed by atoms with E-state index < -0.39 is 24.5 Å². The van der Waals surface area contributed by atoms with Gasteiger partial charge in [0.25, 0.3) is 0 Å². The Morgan fingerprint density at radius 1 is 1.18 bits per heavy atom. The van der Waals surface area contributed by atoms with Gasteiger partial charge in [0.15, 0.2) is 0 Å². The lowest BCUT2D eigenvalue weighted by atomic mass is 9.91. The first-order valence-corrected chi connectivity index (χ1v) is 7.64. The molecule has 1 aliphatic heterocycles. The molecular weight excluding hydrogens is 299 g/mol. The van der Waals surface area contributed by atoms with Crippen molar-refractivity contribution < 1.29 is 22.8 Å². The van der Waals surface area contributed by atoms with E-state index in [-0.39, 0.29) is 25.0 Å². The molecule has 1 heterocycles. The van der Waals surface area contributed by atoms with E-state index in [0.717, 1.165) is 6.42 Å². The topological polar surface area (TPSA) is 66.6 Å². The predicted octanol–water partition coefficient (Wildman–Crippen LogP) is 1.13. The highest BCUT2D eigenvalue weighted by Crippen LogP contribution is 2.28. The molecule has 0 bridgehead atoms. The number of halogens is 3. The molecule has 0 radical (unpaired) electrons. The van der Waals surface area contributed by atoms with Crippen LogP contribution in [-0.4, -0.2) is 60.0 Å². The highest BCUT2D eigenvalue weighted by molar-refractivity contribution is 5.81. The molecule has 2 aliphatic rings. The SMILES string of the molecule is NC(=O)[C@@H]1CCCN(C(=O)CN(CC(F)(F)F)C2CCC2)C1. The number of amides is 2. The largest absolute Gasteiger partial charge is 0.401 e. The molecule has 5 nitrogen and oxygen atoms in total. The number of carbonyl (C=O) groups is 2. The van der Waals surface area contributed by atoms with Gasteiger partial charge in [0.05, 0.1) is 19.0 Å². The molecule has 0 unspecified atom stereocenters. The summed E-state index contributed by atoms with van der Waals surface area (Å²) in [5, 5.41) is 0. The molecule has 1 saturated carbocycles. The van der Waals surface area contributed by atoms with Gasteiger partial charge in [-0.05, 0) is 25.7 Å². The third-order valence-electron chi connectivity index (χ3n) is 4.49. The van der Waals surface area contributed by atoms with Gasteiger partial charge in [0.2, 0.25) is 11.8 Å². The van der Waals surface area contributed by atoms with E-state index in [2.05, 4.69) is 0 Å². The number of piperidine rings is 1. The maximum atomic E-state index is 12.7. The van der Waals surface area contributed by atoms with E-state index in [0.29, 0.717) is 32.2 Å². The van der Waals surface area contributed by atoms with Gasteiger partial charge in [-0.25, -0.2) is 0 Å². The fraction of sp³-hybridized carbons (Fsp3) is 0.857. The first kappa shape index (κ1) is 17.1. The van der Waals surface area contributed by atoms with Gasteiger partial charge in [0, 0.05) is 19.1 Å². The molecular formula is C14H22F3N3O2. The van der Waals surface area contributed by atoms with Crippen molar-refractivity contribution in [1.29, 1.82) is 0 Å². The van der Waals surface area contributed by atoms with E-state index >= 15 is 0 Å². The van der Waals surface area contributed by atoms with Crippen molar-refractivity contribution in [2.45, 2.75) is 44.3 Å². The van der Waals surface area contributed by atoms with E-state index in [4.69, 9.17) is 5.73 Å². The Bertz CT molecular complexity index is 424. The molecule has 1 atom stereocenters. The predicted molar refractivity (Wildman–Crippen MR) is 73.8 cm³/mol. The van der Waals surface area contributed by atoms with Crippen LogP contribution < -0.4 is 5.73 Å². The van der Waals surface area contributed by atoms with Crippen LogP contribution in [0.4, 0.5) is 13.2 Å². The normalized spacial score (nSPS) is 23.5. The minimum absolute atomic E-state index is 0.165. The molecule has 2 fully saturated rings. The van der Waals surface area contributed by atoms with Crippen LogP contribution in [-0.2, 0) is 9.59 Å². The summed E-state index contributed by atoms with van der Waals surface area (Å²) >= 11 is 0. The summed E-state index contributed by atoms with van der Waals surface area (Å²) in [5.41, 5.74) is 5.26. The van der Waals surface area contributed by atoms with Crippen LogP contribution >= 0.6 is 0 Å². The zero-order valence-corrected chi connectivity index (χ0v) is 12.4. The summed E-state index contributed by atoms with van der Waals surface area (Å²) in [6.07, 6.45) is -0.717. The van der Waals surface area contributed by atoms with Gasteiger partial charge in [-0.15, -0.1) is 0 Å². The molecule has 0 aromatic carbocycles. The van der Waals surface area contributed by atoms with Crippen LogP contribution in [0.15, 0.2) is 0 Å². The maximum Gasteiger partial charge on any atom is 0.401 e. The highest BCUT2D eigenvalue weighted by atomic mass is 19.4. The van der Waals surface area contributed by atoms with E-state index in [1.54, 1.807) is 0 Å². The molecule has 2 N–H and O–H groups in total. The fourth-order valence-electron chi connectivity index (χ4n) is 3.01. The standard InChI is InChI=1S/C14H22F3N3O2/c15-14(16,17)9-20(11-4-1-5-11)8-12(21)19-6-2-3-10(7-19)13(18)22/h10-11H,1-9H2,(H2,18,22)/t10-/m1/s1. The van der Waals surface area contributed by atoms with Crippen molar-refractivity contribution in [3.63, 3.8) is 0 Å². The molecule has 0 aromatic heterocycles. The lowest BCUT2D eigenvalue weighted by molar-refractivity contribution is -0.159. The molecule has 22 heavy (non-hydrogen) atoms. The summed E-state index contributed by atoms with van der Waals surface area (Å²) in [6, 6.07) is -0.165. The number of carbonyl (C=O) groups excluding carboxylic acids is 2. The van der Waals surface area contributed by atoms with Crippen LogP contribution in [0, 0.1) is 5.92 Å². The van der Waals surface area contributed by atoms with Crippen LogP contribution in [0.2, 0.25) is 0 Å². The molecule has 2 amide bonds. The Morgan fingerprint density at radius 2 is 1.86 bits per heavy atom. The Balaban J connectivity index is 1.93. The van der Waals surface area contributed by atoms with Crippen molar-refractivity contribution >= 4 is 11.8 Å². The second-order valence-electron chi connectivity index (χ2n) is 6.19. The average molecular weight is 321 g/mol. The van der Waals surface area contributed by atoms with Crippen LogP contribution in [0.3, 0.4) is 0 Å². The molecule has 0 aromatic rings. The summed E-state index contributed by atoms with van der Waals surface area (Å²) < 4.78 is 38.0. The van der Waals surface area contributed by atoms with E-state index in [1.165, 1.54) is 9.80 Å². The number of primary amides is 1. The molecule has 1 aliphatic carbocycles. The monoisotopic (exact) mass is 321 g/mol. The Morgan fingerprint density at radius 3 is 2.36 bits per heavy atom. The summed E-state index contributed by atoms with van der Waals surface area (Å²) in [6.45, 7) is -0.599. The zero-order chi connectivity index (χ0) is 16.3. The Labute approximate surface area is 127 Å². The third-order valence-corrected chi connectivity index (χ3v) is 4.49. The van der Waals surface area contributed by atoms with Crippen molar-refractivity contribution in [3.05, 3.63) is 0 Å². The van der Waals surface area contributed by atoms with Gasteiger partial charge >= 0.3 is 6.18 Å². The minimum atomic E-state index is -4.31. The van der Waals surface area contributed by atoms with Gasteiger partial charge in [0.1, 0.15) is 0 Å². The molecule has 2 rings (SSSR count). The van der Waals surface area contributed by atoms with Crippen LogP contribution in [0.1, 0.15) is 32.1 Å². The quantitative estimate of drug-likeness (QED) is 0.825. The first-order valence-electron chi connectivity index (χ1n) is 7.64. The zero-order valence-electron chi connectivity index (χ0n) is 12.4. The fourth-order valence-corrected chi connectivity index (χ4v) is 3.01. The number of likely N-dealkylation sites (tertiary alicyclic amines) is 1. The molecule has 8 heteroatoms. The second-order valence-corrected chi connectivity index (χ2v) is 6.19. The van der Waals surface area contributed by atoms with Gasteiger partial charge < -0.3 is 10.6 Å². The number of hydrogen-bond donors (Lipinski definition) is 1. The molecule has 126 valence electrons. The minimum Gasteiger partial charge on any atom is -0.369 e. The number of nitrogens with zero attached hydrogens (tertiary/aromatic N) is 2. The average Bonchev–Trinajstić information content (AvgIpc) is 2.34. The lowest BCUT2D eigenvalue weighted by Gasteiger charge is -2.39. The van der Waals surface area contributed by atoms with Crippen molar-refractivity contribution in [2.24, 2.45) is 11.7 Å². The Hall–Kier alpha value is -1.31. The third kappa shape index (κ3) is 4.59. The summed E-state index contributed by atoms with van der Waals surface area (Å²) in [4.78, 5) is 26.2. The molecule has 1 saturated heterocycles. The van der Waals surface area contributed by atoms with Crippen LogP contribution in [0.25, 0.3) is 0 Å². The van der Waals surface area contributed by atoms with Crippen molar-refractivity contribution in [1.82, 2.24) is 9.80 Å². The highest BCUT2D eigenvalue weighted by Gasteiger charge is 2.38. The van der Waals surface area contributed by atoms with Gasteiger partial charge in [-0.3, -0.25) is 14.5 Å². The Kier molecular flexibility index (Phi) is 5.31. The number of rotatable bonds is 5. The van der Waals surface area contributed by atoms with Crippen molar-refractivity contribution in [3.8, 4) is 0 Å². The first-order chi connectivity index (χ1) is 10.3. The number of nitrogens with two attached hydrogens (primary N) is 1. The van der Waals surface area contributed by atoms with Gasteiger partial charge in [-0.1, -0.05) is 6.42 Å². The number of hydrogen-bond acceptors (Lipinski definition) is 3.